The van der Waals surface area contributed by atoms with E-state index in [4.69, 9.17) is 0 Å². The summed E-state index contributed by atoms with van der Waals surface area (Å²) in [5, 5.41) is 0. The van der Waals surface area contributed by atoms with Gasteiger partial charge < -0.3 is 4.90 Å². The van der Waals surface area contributed by atoms with E-state index in [0.29, 0.717) is 0 Å². The molecular formula is C19H25NO. The van der Waals surface area contributed by atoms with Crippen molar-refractivity contribution in [2.24, 2.45) is 0 Å². The maximum absolute atomic E-state index is 10.5. The molecule has 0 radical (unpaired) electrons. The van der Waals surface area contributed by atoms with Crippen molar-refractivity contribution in [3.05, 3.63) is 53.8 Å². The second kappa shape index (κ2) is 6.75. The summed E-state index contributed by atoms with van der Waals surface area (Å²) in [4.78, 5) is 12.9. The average Bonchev–Trinajstić information content (AvgIpc) is 2.69. The van der Waals surface area contributed by atoms with Crippen molar-refractivity contribution in [3.8, 4) is 0 Å². The summed E-state index contributed by atoms with van der Waals surface area (Å²) >= 11 is 0. The SMILES string of the molecule is CCCCCN1C(=CC=CC=O)C(C)(C)c2ccccc21. The molecule has 1 aliphatic heterocycles. The van der Waals surface area contributed by atoms with E-state index in [0.717, 1.165) is 12.8 Å². The van der Waals surface area contributed by atoms with Crippen LogP contribution in [0.4, 0.5) is 5.69 Å². The third-order valence-corrected chi connectivity index (χ3v) is 4.23. The Balaban J connectivity index is 2.38. The number of fused-ring (bicyclic) bond motifs is 1. The molecule has 1 aliphatic rings. The second-order valence-electron chi connectivity index (χ2n) is 6.07. The number of anilines is 1. The lowest BCUT2D eigenvalue weighted by molar-refractivity contribution is -0.104. The smallest absolute Gasteiger partial charge is 0.142 e. The Labute approximate surface area is 128 Å². The zero-order valence-corrected chi connectivity index (χ0v) is 13.3. The number of hydrogen-bond donors (Lipinski definition) is 0. The van der Waals surface area contributed by atoms with Gasteiger partial charge in [0.1, 0.15) is 6.29 Å². The van der Waals surface area contributed by atoms with Crippen molar-refractivity contribution in [3.63, 3.8) is 0 Å². The number of hydrogen-bond acceptors (Lipinski definition) is 2. The highest BCUT2D eigenvalue weighted by molar-refractivity contribution is 5.71. The first-order valence-corrected chi connectivity index (χ1v) is 7.82. The minimum atomic E-state index is -0.0178. The number of unbranched alkanes of at least 4 members (excludes halogenated alkanes) is 2. The van der Waals surface area contributed by atoms with Gasteiger partial charge in [-0.25, -0.2) is 0 Å². The van der Waals surface area contributed by atoms with E-state index in [2.05, 4.69) is 56.0 Å². The standard InChI is InChI=1S/C19H25NO/c1-4-5-9-14-20-17-12-7-6-11-16(17)19(2,3)18(20)13-8-10-15-21/h6-8,10-13,15H,4-5,9,14H2,1-3H3. The summed E-state index contributed by atoms with van der Waals surface area (Å²) in [5.74, 6) is 0. The Hall–Kier alpha value is -1.83. The molecule has 0 aromatic heterocycles. The molecule has 0 spiro atoms. The van der Waals surface area contributed by atoms with E-state index in [9.17, 15) is 4.79 Å². The Morgan fingerprint density at radius 2 is 1.90 bits per heavy atom. The second-order valence-corrected chi connectivity index (χ2v) is 6.07. The van der Waals surface area contributed by atoms with Crippen molar-refractivity contribution >= 4 is 12.0 Å². The predicted octanol–water partition coefficient (Wildman–Crippen LogP) is 4.61. The molecule has 0 saturated heterocycles. The van der Waals surface area contributed by atoms with Crippen molar-refractivity contribution in [1.29, 1.82) is 0 Å². The quantitative estimate of drug-likeness (QED) is 0.431. The highest BCUT2D eigenvalue weighted by atomic mass is 16.1. The molecule has 2 heteroatoms. The van der Waals surface area contributed by atoms with E-state index < -0.39 is 0 Å². The summed E-state index contributed by atoms with van der Waals surface area (Å²) in [6.45, 7) is 7.78. The Bertz CT molecular complexity index is 554. The molecule has 0 atom stereocenters. The van der Waals surface area contributed by atoms with Gasteiger partial charge in [0.2, 0.25) is 0 Å². The summed E-state index contributed by atoms with van der Waals surface area (Å²) in [6, 6.07) is 8.63. The molecule has 0 bridgehead atoms. The van der Waals surface area contributed by atoms with Crippen molar-refractivity contribution in [2.45, 2.75) is 45.4 Å². The number of nitrogens with zero attached hydrogens (tertiary/aromatic N) is 1. The van der Waals surface area contributed by atoms with E-state index >= 15 is 0 Å². The van der Waals surface area contributed by atoms with Gasteiger partial charge in [-0.1, -0.05) is 57.9 Å². The van der Waals surface area contributed by atoms with Crippen LogP contribution in [0.1, 0.15) is 45.6 Å². The van der Waals surface area contributed by atoms with E-state index in [-0.39, 0.29) is 5.41 Å². The van der Waals surface area contributed by atoms with Crippen LogP contribution in [-0.2, 0) is 10.2 Å². The average molecular weight is 283 g/mol. The molecular weight excluding hydrogens is 258 g/mol. The summed E-state index contributed by atoms with van der Waals surface area (Å²) in [7, 11) is 0. The Kier molecular flexibility index (Phi) is 5.00. The van der Waals surface area contributed by atoms with Gasteiger partial charge in [0.15, 0.2) is 0 Å². The molecule has 1 heterocycles. The van der Waals surface area contributed by atoms with Gasteiger partial charge in [0.25, 0.3) is 0 Å². The molecule has 21 heavy (non-hydrogen) atoms. The number of benzene rings is 1. The monoisotopic (exact) mass is 283 g/mol. The molecule has 0 aliphatic carbocycles. The Morgan fingerprint density at radius 1 is 1.14 bits per heavy atom. The van der Waals surface area contributed by atoms with Gasteiger partial charge in [-0.2, -0.15) is 0 Å². The zero-order chi connectivity index (χ0) is 15.3. The van der Waals surface area contributed by atoms with Gasteiger partial charge in [-0.15, -0.1) is 0 Å². The van der Waals surface area contributed by atoms with Gasteiger partial charge in [0, 0.05) is 23.3 Å². The van der Waals surface area contributed by atoms with Crippen LogP contribution in [0.15, 0.2) is 48.2 Å². The van der Waals surface area contributed by atoms with E-state index in [1.54, 1.807) is 6.08 Å². The first-order chi connectivity index (χ1) is 10.1. The van der Waals surface area contributed by atoms with Crippen LogP contribution in [-0.4, -0.2) is 12.8 Å². The van der Waals surface area contributed by atoms with Crippen LogP contribution in [0.5, 0.6) is 0 Å². The highest BCUT2D eigenvalue weighted by Crippen LogP contribution is 2.47. The normalized spacial score (nSPS) is 18.4. The maximum Gasteiger partial charge on any atom is 0.142 e. The van der Waals surface area contributed by atoms with E-state index in [1.165, 1.54) is 36.2 Å². The third kappa shape index (κ3) is 3.10. The number of allylic oxidation sites excluding steroid dienone is 4. The molecule has 112 valence electrons. The van der Waals surface area contributed by atoms with Crippen molar-refractivity contribution in [2.75, 3.05) is 11.4 Å². The molecule has 1 aromatic carbocycles. The first-order valence-electron chi connectivity index (χ1n) is 7.82. The molecule has 2 rings (SSSR count). The van der Waals surface area contributed by atoms with Crippen LogP contribution in [0.25, 0.3) is 0 Å². The van der Waals surface area contributed by atoms with Gasteiger partial charge in [0.05, 0.1) is 0 Å². The van der Waals surface area contributed by atoms with Crippen LogP contribution in [0, 0.1) is 0 Å². The van der Waals surface area contributed by atoms with Crippen LogP contribution in [0.2, 0.25) is 0 Å². The zero-order valence-electron chi connectivity index (χ0n) is 13.3. The van der Waals surface area contributed by atoms with Gasteiger partial charge >= 0.3 is 0 Å². The summed E-state index contributed by atoms with van der Waals surface area (Å²) in [6.07, 6.45) is 9.97. The minimum Gasteiger partial charge on any atom is -0.344 e. The fourth-order valence-corrected chi connectivity index (χ4v) is 3.09. The van der Waals surface area contributed by atoms with Gasteiger partial charge in [-0.05, 0) is 30.2 Å². The number of aldehydes is 1. The molecule has 0 fully saturated rings. The van der Waals surface area contributed by atoms with Crippen LogP contribution in [0.3, 0.4) is 0 Å². The number of carbonyl (C=O) groups excluding carboxylic acids is 1. The summed E-state index contributed by atoms with van der Waals surface area (Å²) < 4.78 is 0. The molecule has 0 unspecified atom stereocenters. The largest absolute Gasteiger partial charge is 0.344 e. The number of carbonyl (C=O) groups is 1. The fraction of sp³-hybridized carbons (Fsp3) is 0.421. The molecule has 2 nitrogen and oxygen atoms in total. The number of para-hydroxylation sites is 1. The van der Waals surface area contributed by atoms with Crippen LogP contribution < -0.4 is 4.90 Å². The van der Waals surface area contributed by atoms with Crippen LogP contribution >= 0.6 is 0 Å². The van der Waals surface area contributed by atoms with Gasteiger partial charge in [-0.3, -0.25) is 4.79 Å². The fourth-order valence-electron chi connectivity index (χ4n) is 3.09. The summed E-state index contributed by atoms with van der Waals surface area (Å²) in [5.41, 5.74) is 3.94. The van der Waals surface area contributed by atoms with Crippen molar-refractivity contribution in [1.82, 2.24) is 0 Å². The molecule has 0 saturated carbocycles. The topological polar surface area (TPSA) is 20.3 Å². The minimum absolute atomic E-state index is 0.0178. The maximum atomic E-state index is 10.5. The molecule has 0 amide bonds. The van der Waals surface area contributed by atoms with E-state index in [1.807, 2.05) is 6.08 Å². The lowest BCUT2D eigenvalue weighted by atomic mass is 9.84. The molecule has 0 N–H and O–H groups in total. The lowest BCUT2D eigenvalue weighted by Crippen LogP contribution is -2.27. The number of rotatable bonds is 6. The van der Waals surface area contributed by atoms with Crippen molar-refractivity contribution < 1.29 is 4.79 Å². The predicted molar refractivity (Wildman–Crippen MR) is 89.6 cm³/mol. The third-order valence-electron chi connectivity index (χ3n) is 4.23. The molecule has 1 aromatic rings. The lowest BCUT2D eigenvalue weighted by Gasteiger charge is -2.27. The first kappa shape index (κ1) is 15.6. The Morgan fingerprint density at radius 3 is 2.62 bits per heavy atom. The highest BCUT2D eigenvalue weighted by Gasteiger charge is 2.39.